The smallest absolute Gasteiger partial charge is 0.258 e. The van der Waals surface area contributed by atoms with E-state index in [1.807, 2.05) is 31.2 Å². The summed E-state index contributed by atoms with van der Waals surface area (Å²) in [7, 11) is 0. The molecule has 2 unspecified atom stereocenters. The van der Waals surface area contributed by atoms with Crippen molar-refractivity contribution in [3.05, 3.63) is 59.2 Å². The zero-order valence-electron chi connectivity index (χ0n) is 13.7. The van der Waals surface area contributed by atoms with E-state index in [1.165, 1.54) is 30.0 Å². The van der Waals surface area contributed by atoms with Gasteiger partial charge in [0.15, 0.2) is 0 Å². The highest BCUT2D eigenvalue weighted by atomic mass is 16.3. The van der Waals surface area contributed by atoms with Crippen molar-refractivity contribution in [1.29, 1.82) is 0 Å². The van der Waals surface area contributed by atoms with Crippen LogP contribution >= 0.6 is 0 Å². The lowest BCUT2D eigenvalue weighted by Gasteiger charge is -2.09. The van der Waals surface area contributed by atoms with Crippen LogP contribution in [-0.4, -0.2) is 28.4 Å². The number of carbonyl (C=O) groups excluding carboxylic acids is 1. The Bertz CT molecular complexity index is 789. The van der Waals surface area contributed by atoms with E-state index in [2.05, 4.69) is 21.4 Å². The summed E-state index contributed by atoms with van der Waals surface area (Å²) in [4.78, 5) is 12.2. The number of nitrogens with one attached hydrogen (secondary N) is 3. The first-order chi connectivity index (χ1) is 12.0. The number of nitrogens with zero attached hydrogens (tertiary/aromatic N) is 1. The van der Waals surface area contributed by atoms with Crippen molar-refractivity contribution in [2.75, 3.05) is 0 Å². The molecule has 1 heterocycles. The molecule has 1 aliphatic heterocycles. The minimum absolute atomic E-state index is 0.0398. The molecule has 0 bridgehead atoms. The van der Waals surface area contributed by atoms with Crippen LogP contribution in [0.2, 0.25) is 0 Å². The molecule has 1 fully saturated rings. The summed E-state index contributed by atoms with van der Waals surface area (Å²) >= 11 is 0. The van der Waals surface area contributed by atoms with Crippen LogP contribution in [0.5, 0.6) is 11.5 Å². The fraction of sp³-hybridized carbons (Fsp3) is 0.222. The molecule has 1 aliphatic rings. The van der Waals surface area contributed by atoms with Gasteiger partial charge in [0.05, 0.1) is 6.21 Å². The van der Waals surface area contributed by atoms with Gasteiger partial charge in [-0.25, -0.2) is 16.3 Å². The predicted molar refractivity (Wildman–Crippen MR) is 94.1 cm³/mol. The average Bonchev–Trinajstić information content (AvgIpc) is 3.07. The summed E-state index contributed by atoms with van der Waals surface area (Å²) in [6.45, 7) is 2.03. The summed E-state index contributed by atoms with van der Waals surface area (Å²) in [5.41, 5.74) is 11.2. The second-order valence-electron chi connectivity index (χ2n) is 6.02. The topological polar surface area (TPSA) is 106 Å². The van der Waals surface area contributed by atoms with Crippen LogP contribution in [0.3, 0.4) is 0 Å². The van der Waals surface area contributed by atoms with Gasteiger partial charge in [-0.2, -0.15) is 5.10 Å². The van der Waals surface area contributed by atoms with Crippen LogP contribution in [0.25, 0.3) is 0 Å². The van der Waals surface area contributed by atoms with Crippen molar-refractivity contribution >= 4 is 12.1 Å². The van der Waals surface area contributed by atoms with Gasteiger partial charge in [-0.3, -0.25) is 4.79 Å². The molecular weight excluding hydrogens is 320 g/mol. The van der Waals surface area contributed by atoms with Gasteiger partial charge < -0.3 is 10.2 Å². The Morgan fingerprint density at radius 3 is 2.68 bits per heavy atom. The molecule has 0 saturated carbocycles. The Hall–Kier alpha value is -2.90. The minimum Gasteiger partial charge on any atom is -0.508 e. The summed E-state index contributed by atoms with van der Waals surface area (Å²) in [5.74, 6) is -0.420. The summed E-state index contributed by atoms with van der Waals surface area (Å²) in [6, 6.07) is 12.0. The van der Waals surface area contributed by atoms with E-state index in [0.29, 0.717) is 12.0 Å². The first kappa shape index (κ1) is 16.9. The molecule has 1 saturated heterocycles. The highest BCUT2D eigenvalue weighted by molar-refractivity contribution is 5.86. The molecule has 2 aromatic carbocycles. The number of aryl methyl sites for hydroxylation is 1. The van der Waals surface area contributed by atoms with E-state index in [1.54, 1.807) is 0 Å². The second-order valence-corrected chi connectivity index (χ2v) is 6.02. The van der Waals surface area contributed by atoms with E-state index in [4.69, 9.17) is 0 Å². The van der Waals surface area contributed by atoms with Crippen LogP contribution in [0.15, 0.2) is 47.6 Å². The SMILES string of the molecule is Cc1ccc(C2CC(C(=O)N/N=C/c3ccc(O)cc3O)NN2)cc1. The van der Waals surface area contributed by atoms with E-state index in [9.17, 15) is 15.0 Å². The van der Waals surface area contributed by atoms with Gasteiger partial charge in [0.2, 0.25) is 0 Å². The normalized spacial score (nSPS) is 20.0. The maximum absolute atomic E-state index is 12.2. The van der Waals surface area contributed by atoms with Crippen LogP contribution in [0.1, 0.15) is 29.2 Å². The molecule has 2 aromatic rings. The Morgan fingerprint density at radius 2 is 1.96 bits per heavy atom. The number of aromatic hydroxyl groups is 2. The largest absolute Gasteiger partial charge is 0.508 e. The number of hydrogen-bond acceptors (Lipinski definition) is 6. The van der Waals surface area contributed by atoms with Gasteiger partial charge >= 0.3 is 0 Å². The number of amides is 1. The number of rotatable bonds is 4. The maximum Gasteiger partial charge on any atom is 0.258 e. The molecule has 5 N–H and O–H groups in total. The van der Waals surface area contributed by atoms with Crippen LogP contribution in [-0.2, 0) is 4.79 Å². The summed E-state index contributed by atoms with van der Waals surface area (Å²) in [5, 5.41) is 22.8. The van der Waals surface area contributed by atoms with Crippen molar-refractivity contribution in [3.63, 3.8) is 0 Å². The third-order valence-electron chi connectivity index (χ3n) is 4.09. The van der Waals surface area contributed by atoms with Crippen molar-refractivity contribution in [2.24, 2.45) is 5.10 Å². The standard InChI is InChI=1S/C18H20N4O3/c1-11-2-4-12(5-3-11)15-9-16(21-20-15)18(25)22-19-10-13-6-7-14(23)8-17(13)24/h2-8,10,15-16,20-21,23-24H,9H2,1H3,(H,22,25)/b19-10+. The Morgan fingerprint density at radius 1 is 1.20 bits per heavy atom. The quantitative estimate of drug-likeness (QED) is 0.428. The highest BCUT2D eigenvalue weighted by Crippen LogP contribution is 2.23. The van der Waals surface area contributed by atoms with Crippen LogP contribution in [0, 0.1) is 6.92 Å². The van der Waals surface area contributed by atoms with Gasteiger partial charge in [-0.1, -0.05) is 29.8 Å². The molecule has 0 aliphatic carbocycles. The highest BCUT2D eigenvalue weighted by Gasteiger charge is 2.29. The van der Waals surface area contributed by atoms with Crippen molar-refractivity contribution in [2.45, 2.75) is 25.4 Å². The first-order valence-corrected chi connectivity index (χ1v) is 7.95. The fourth-order valence-corrected chi connectivity index (χ4v) is 2.63. The third-order valence-corrected chi connectivity index (χ3v) is 4.09. The number of hydrazine groups is 1. The Kier molecular flexibility index (Phi) is 4.97. The van der Waals surface area contributed by atoms with Gasteiger partial charge in [0, 0.05) is 17.7 Å². The van der Waals surface area contributed by atoms with Crippen molar-refractivity contribution in [3.8, 4) is 11.5 Å². The van der Waals surface area contributed by atoms with Crippen LogP contribution in [0.4, 0.5) is 0 Å². The lowest BCUT2D eigenvalue weighted by atomic mass is 10.0. The van der Waals surface area contributed by atoms with Crippen molar-refractivity contribution < 1.29 is 15.0 Å². The molecular formula is C18H20N4O3. The zero-order valence-corrected chi connectivity index (χ0v) is 13.7. The maximum atomic E-state index is 12.2. The molecule has 1 amide bonds. The van der Waals surface area contributed by atoms with E-state index in [0.717, 1.165) is 5.56 Å². The number of phenols is 2. The number of phenolic OH excluding ortho intramolecular Hbond substituents is 2. The molecule has 3 rings (SSSR count). The third kappa shape index (κ3) is 4.14. The molecule has 0 aromatic heterocycles. The molecule has 7 heteroatoms. The number of carbonyl (C=O) groups is 1. The fourth-order valence-electron chi connectivity index (χ4n) is 2.63. The molecule has 7 nitrogen and oxygen atoms in total. The number of hydrazone groups is 1. The summed E-state index contributed by atoms with van der Waals surface area (Å²) in [6.07, 6.45) is 1.93. The zero-order chi connectivity index (χ0) is 17.8. The molecule has 130 valence electrons. The molecule has 0 spiro atoms. The molecule has 25 heavy (non-hydrogen) atoms. The number of hydrogen-bond donors (Lipinski definition) is 5. The molecule has 0 radical (unpaired) electrons. The average molecular weight is 340 g/mol. The lowest BCUT2D eigenvalue weighted by Crippen LogP contribution is -2.41. The Labute approximate surface area is 145 Å². The second kappa shape index (κ2) is 7.33. The van der Waals surface area contributed by atoms with E-state index in [-0.39, 0.29) is 23.4 Å². The lowest BCUT2D eigenvalue weighted by molar-refractivity contribution is -0.122. The van der Waals surface area contributed by atoms with Gasteiger partial charge in [-0.05, 0) is 31.0 Å². The van der Waals surface area contributed by atoms with E-state index >= 15 is 0 Å². The number of benzene rings is 2. The predicted octanol–water partition coefficient (Wildman–Crippen LogP) is 1.46. The van der Waals surface area contributed by atoms with E-state index < -0.39 is 6.04 Å². The van der Waals surface area contributed by atoms with Crippen LogP contribution < -0.4 is 16.3 Å². The first-order valence-electron chi connectivity index (χ1n) is 7.95. The van der Waals surface area contributed by atoms with Gasteiger partial charge in [0.25, 0.3) is 5.91 Å². The molecule has 2 atom stereocenters. The minimum atomic E-state index is -0.406. The summed E-state index contributed by atoms with van der Waals surface area (Å²) < 4.78 is 0. The van der Waals surface area contributed by atoms with Gasteiger partial charge in [-0.15, -0.1) is 0 Å². The van der Waals surface area contributed by atoms with Gasteiger partial charge in [0.1, 0.15) is 17.5 Å². The monoisotopic (exact) mass is 340 g/mol. The van der Waals surface area contributed by atoms with Crippen molar-refractivity contribution in [1.82, 2.24) is 16.3 Å². The Balaban J connectivity index is 1.55.